The Balaban J connectivity index is 2.60. The van der Waals surface area contributed by atoms with E-state index in [4.69, 9.17) is 5.73 Å². The Labute approximate surface area is 114 Å². The van der Waals surface area contributed by atoms with Gasteiger partial charge in [-0.15, -0.1) is 0 Å². The second kappa shape index (κ2) is 7.41. The van der Waals surface area contributed by atoms with Crippen LogP contribution in [0.25, 0.3) is 0 Å². The molecule has 0 aliphatic carbocycles. The molecule has 0 aliphatic rings. The first-order valence-electron chi connectivity index (χ1n) is 6.43. The fourth-order valence-electron chi connectivity index (χ4n) is 1.50. The first kappa shape index (κ1) is 15.0. The van der Waals surface area contributed by atoms with Gasteiger partial charge in [-0.2, -0.15) is 0 Å². The number of hydrogen-bond acceptors (Lipinski definition) is 3. The molecule has 0 bridgehead atoms. The van der Waals surface area contributed by atoms with Crippen LogP contribution in [0.15, 0.2) is 29.3 Å². The summed E-state index contributed by atoms with van der Waals surface area (Å²) in [4.78, 5) is 17.9. The van der Waals surface area contributed by atoms with Gasteiger partial charge in [0.15, 0.2) is 5.96 Å². The van der Waals surface area contributed by atoms with Gasteiger partial charge in [-0.25, -0.2) is 0 Å². The number of nitrogens with one attached hydrogen (secondary N) is 1. The summed E-state index contributed by atoms with van der Waals surface area (Å²) < 4.78 is 0. The third-order valence-corrected chi connectivity index (χ3v) is 2.68. The summed E-state index contributed by atoms with van der Waals surface area (Å²) in [6, 6.07) is 7.31. The zero-order valence-electron chi connectivity index (χ0n) is 11.8. The SMILES string of the molecule is CCCCN=C(N)NC(=O)c1ccc(N(C)C)cc1. The number of benzene rings is 1. The summed E-state index contributed by atoms with van der Waals surface area (Å²) in [5.41, 5.74) is 7.25. The fraction of sp³-hybridized carbons (Fsp3) is 0.429. The number of unbranched alkanes of at least 4 members (excludes halogenated alkanes) is 1. The second-order valence-corrected chi connectivity index (χ2v) is 4.52. The lowest BCUT2D eigenvalue weighted by atomic mass is 10.2. The van der Waals surface area contributed by atoms with Crippen molar-refractivity contribution in [2.45, 2.75) is 19.8 Å². The molecule has 0 fully saturated rings. The van der Waals surface area contributed by atoms with Gasteiger partial charge in [-0.3, -0.25) is 15.1 Å². The molecule has 104 valence electrons. The highest BCUT2D eigenvalue weighted by atomic mass is 16.1. The van der Waals surface area contributed by atoms with Crippen LogP contribution in [0.3, 0.4) is 0 Å². The van der Waals surface area contributed by atoms with Crippen LogP contribution >= 0.6 is 0 Å². The molecule has 19 heavy (non-hydrogen) atoms. The van der Waals surface area contributed by atoms with Crippen LogP contribution in [0.1, 0.15) is 30.1 Å². The minimum absolute atomic E-state index is 0.176. The molecule has 3 N–H and O–H groups in total. The van der Waals surface area contributed by atoms with Crippen LogP contribution in [0.4, 0.5) is 5.69 Å². The lowest BCUT2D eigenvalue weighted by molar-refractivity contribution is 0.0976. The maximum absolute atomic E-state index is 11.9. The minimum atomic E-state index is -0.233. The first-order valence-corrected chi connectivity index (χ1v) is 6.43. The van der Waals surface area contributed by atoms with Crippen LogP contribution in [-0.2, 0) is 0 Å². The molecule has 0 aromatic heterocycles. The number of aliphatic imine (C=N–C) groups is 1. The summed E-state index contributed by atoms with van der Waals surface area (Å²) in [5, 5.41) is 2.58. The molecule has 1 amide bonds. The van der Waals surface area contributed by atoms with Crippen molar-refractivity contribution in [2.24, 2.45) is 10.7 Å². The molecule has 0 aliphatic heterocycles. The number of carbonyl (C=O) groups is 1. The Bertz CT molecular complexity index is 437. The van der Waals surface area contributed by atoms with E-state index in [1.165, 1.54) is 0 Å². The van der Waals surface area contributed by atoms with Gasteiger partial charge in [0, 0.05) is 31.9 Å². The van der Waals surface area contributed by atoms with E-state index in [1.807, 2.05) is 31.1 Å². The van der Waals surface area contributed by atoms with Crippen LogP contribution < -0.4 is 16.0 Å². The Morgan fingerprint density at radius 3 is 2.47 bits per heavy atom. The van der Waals surface area contributed by atoms with E-state index in [2.05, 4.69) is 17.2 Å². The molecule has 1 rings (SSSR count). The number of amides is 1. The number of hydrogen-bond donors (Lipinski definition) is 2. The van der Waals surface area contributed by atoms with Crippen molar-refractivity contribution in [3.63, 3.8) is 0 Å². The van der Waals surface area contributed by atoms with Gasteiger partial charge in [0.25, 0.3) is 5.91 Å². The predicted octanol–water partition coefficient (Wildman–Crippen LogP) is 1.60. The standard InChI is InChI=1S/C14H22N4O/c1-4-5-10-16-14(15)17-13(19)11-6-8-12(9-7-11)18(2)3/h6-9H,4-5,10H2,1-3H3,(H3,15,16,17,19). The summed E-state index contributed by atoms with van der Waals surface area (Å²) in [6.07, 6.45) is 2.02. The third kappa shape index (κ3) is 4.99. The maximum atomic E-state index is 11.9. The molecule has 1 aromatic rings. The van der Waals surface area contributed by atoms with Crippen molar-refractivity contribution in [3.8, 4) is 0 Å². The summed E-state index contributed by atoms with van der Waals surface area (Å²) >= 11 is 0. The highest BCUT2D eigenvalue weighted by Crippen LogP contribution is 2.11. The van der Waals surface area contributed by atoms with Gasteiger partial charge in [-0.05, 0) is 30.7 Å². The van der Waals surface area contributed by atoms with E-state index in [0.717, 1.165) is 18.5 Å². The zero-order valence-corrected chi connectivity index (χ0v) is 11.8. The quantitative estimate of drug-likeness (QED) is 0.481. The number of rotatable bonds is 5. The molecule has 0 heterocycles. The van der Waals surface area contributed by atoms with Gasteiger partial charge in [-0.1, -0.05) is 13.3 Å². The van der Waals surface area contributed by atoms with Crippen molar-refractivity contribution in [2.75, 3.05) is 25.5 Å². The first-order chi connectivity index (χ1) is 9.04. The maximum Gasteiger partial charge on any atom is 0.257 e. The van der Waals surface area contributed by atoms with Gasteiger partial charge in [0.1, 0.15) is 0 Å². The molecular weight excluding hydrogens is 240 g/mol. The van der Waals surface area contributed by atoms with Gasteiger partial charge < -0.3 is 10.6 Å². The highest BCUT2D eigenvalue weighted by molar-refractivity contribution is 6.05. The molecule has 1 aromatic carbocycles. The van der Waals surface area contributed by atoms with Gasteiger partial charge in [0.05, 0.1) is 0 Å². The largest absolute Gasteiger partial charge is 0.378 e. The number of guanidine groups is 1. The van der Waals surface area contributed by atoms with Crippen molar-refractivity contribution in [1.29, 1.82) is 0 Å². The number of nitrogens with zero attached hydrogens (tertiary/aromatic N) is 2. The van der Waals surface area contributed by atoms with E-state index in [9.17, 15) is 4.79 Å². The minimum Gasteiger partial charge on any atom is -0.378 e. The Morgan fingerprint density at radius 2 is 1.95 bits per heavy atom. The van der Waals surface area contributed by atoms with Crippen molar-refractivity contribution in [1.82, 2.24) is 5.32 Å². The lowest BCUT2D eigenvalue weighted by Crippen LogP contribution is -2.36. The van der Waals surface area contributed by atoms with E-state index >= 15 is 0 Å². The molecule has 0 saturated carbocycles. The van der Waals surface area contributed by atoms with Crippen molar-refractivity contribution in [3.05, 3.63) is 29.8 Å². The van der Waals surface area contributed by atoms with Crippen molar-refractivity contribution >= 4 is 17.6 Å². The predicted molar refractivity (Wildman–Crippen MR) is 79.6 cm³/mol. The second-order valence-electron chi connectivity index (χ2n) is 4.52. The summed E-state index contributed by atoms with van der Waals surface area (Å²) in [6.45, 7) is 2.72. The number of carbonyl (C=O) groups excluding carboxylic acids is 1. The highest BCUT2D eigenvalue weighted by Gasteiger charge is 2.06. The summed E-state index contributed by atoms with van der Waals surface area (Å²) in [7, 11) is 3.90. The molecule has 5 heteroatoms. The van der Waals surface area contributed by atoms with Crippen LogP contribution in [-0.4, -0.2) is 32.5 Å². The molecule has 0 spiro atoms. The Hall–Kier alpha value is -2.04. The van der Waals surface area contributed by atoms with Crippen LogP contribution in [0.2, 0.25) is 0 Å². The normalized spacial score (nSPS) is 11.2. The van der Waals surface area contributed by atoms with E-state index in [1.54, 1.807) is 12.1 Å². The Kier molecular flexibility index (Phi) is 5.85. The lowest BCUT2D eigenvalue weighted by Gasteiger charge is -2.12. The molecule has 0 atom stereocenters. The Morgan fingerprint density at radius 1 is 1.32 bits per heavy atom. The van der Waals surface area contributed by atoms with Crippen LogP contribution in [0.5, 0.6) is 0 Å². The zero-order chi connectivity index (χ0) is 14.3. The number of nitrogens with two attached hydrogens (primary N) is 1. The monoisotopic (exact) mass is 262 g/mol. The molecular formula is C14H22N4O. The fourth-order valence-corrected chi connectivity index (χ4v) is 1.50. The van der Waals surface area contributed by atoms with E-state index in [-0.39, 0.29) is 11.9 Å². The topological polar surface area (TPSA) is 70.7 Å². The summed E-state index contributed by atoms with van der Waals surface area (Å²) in [5.74, 6) is -0.0572. The van der Waals surface area contributed by atoms with Crippen molar-refractivity contribution < 1.29 is 4.79 Å². The third-order valence-electron chi connectivity index (χ3n) is 2.68. The molecule has 0 saturated heterocycles. The van der Waals surface area contributed by atoms with E-state index in [0.29, 0.717) is 12.1 Å². The smallest absolute Gasteiger partial charge is 0.257 e. The average molecular weight is 262 g/mol. The molecule has 0 unspecified atom stereocenters. The van der Waals surface area contributed by atoms with Gasteiger partial charge in [0.2, 0.25) is 0 Å². The average Bonchev–Trinajstić information content (AvgIpc) is 2.39. The van der Waals surface area contributed by atoms with Crippen LogP contribution in [0, 0.1) is 0 Å². The van der Waals surface area contributed by atoms with Gasteiger partial charge >= 0.3 is 0 Å². The molecule has 5 nitrogen and oxygen atoms in total. The molecule has 0 radical (unpaired) electrons. The number of anilines is 1. The van der Waals surface area contributed by atoms with E-state index < -0.39 is 0 Å².